The third-order valence-corrected chi connectivity index (χ3v) is 2.35. The minimum atomic E-state index is 0.366. The zero-order valence-electron chi connectivity index (χ0n) is 9.79. The lowest BCUT2D eigenvalue weighted by molar-refractivity contribution is 0.679. The lowest BCUT2D eigenvalue weighted by Crippen LogP contribution is -2.34. The third-order valence-electron chi connectivity index (χ3n) is 2.18. The normalized spacial score (nSPS) is 10.8. The van der Waals surface area contributed by atoms with Gasteiger partial charge in [-0.1, -0.05) is 0 Å². The lowest BCUT2D eigenvalue weighted by Gasteiger charge is -2.26. The number of alkyl halides is 1. The molecule has 0 saturated heterocycles. The molecule has 84 valence electrons. The fourth-order valence-electron chi connectivity index (χ4n) is 1.52. The molecule has 0 aliphatic heterocycles. The summed E-state index contributed by atoms with van der Waals surface area (Å²) in [4.78, 5) is 11.0. The lowest BCUT2D eigenvalue weighted by atomic mass is 10.3. The van der Waals surface area contributed by atoms with Crippen molar-refractivity contribution in [2.45, 2.75) is 33.7 Å². The van der Waals surface area contributed by atoms with Gasteiger partial charge in [0.1, 0.15) is 0 Å². The van der Waals surface area contributed by atoms with Gasteiger partial charge in [-0.3, -0.25) is 0 Å². The van der Waals surface area contributed by atoms with Gasteiger partial charge in [-0.15, -0.1) is 11.6 Å². The number of aromatic nitrogens is 2. The monoisotopic (exact) mass is 227 g/mol. The molecule has 0 aliphatic carbocycles. The minimum absolute atomic E-state index is 0.366. The Bertz CT molecular complexity index is 305. The Labute approximate surface area is 96.5 Å². The van der Waals surface area contributed by atoms with E-state index in [9.17, 15) is 0 Å². The van der Waals surface area contributed by atoms with E-state index in [0.717, 1.165) is 23.9 Å². The molecule has 0 aromatic carbocycles. The molecule has 0 unspecified atom stereocenters. The molecule has 0 radical (unpaired) electrons. The van der Waals surface area contributed by atoms with Crippen molar-refractivity contribution < 1.29 is 0 Å². The number of halogens is 1. The van der Waals surface area contributed by atoms with E-state index in [4.69, 9.17) is 11.6 Å². The Balaban J connectivity index is 2.99. The Morgan fingerprint density at radius 2 is 1.80 bits per heavy atom. The quantitative estimate of drug-likeness (QED) is 0.741. The number of hydrogen-bond donors (Lipinski definition) is 0. The molecule has 0 atom stereocenters. The molecule has 1 rings (SSSR count). The van der Waals surface area contributed by atoms with Gasteiger partial charge in [0.15, 0.2) is 0 Å². The molecule has 15 heavy (non-hydrogen) atoms. The molecule has 0 bridgehead atoms. The maximum absolute atomic E-state index is 5.77. The fraction of sp³-hybridized carbons (Fsp3) is 0.636. The first-order valence-corrected chi connectivity index (χ1v) is 5.73. The predicted octanol–water partition coefficient (Wildman–Crippen LogP) is 2.55. The van der Waals surface area contributed by atoms with Crippen LogP contribution in [-0.4, -0.2) is 28.4 Å². The largest absolute Gasteiger partial charge is 0.337 e. The summed E-state index contributed by atoms with van der Waals surface area (Å²) in [5.41, 5.74) is 2.00. The van der Waals surface area contributed by atoms with Crippen LogP contribution in [0.15, 0.2) is 6.07 Å². The molecule has 0 spiro atoms. The molecule has 1 heterocycles. The highest BCUT2D eigenvalue weighted by molar-refractivity contribution is 6.18. The molecular formula is C11H18ClN3. The summed E-state index contributed by atoms with van der Waals surface area (Å²) in [5, 5.41) is 0. The van der Waals surface area contributed by atoms with Crippen LogP contribution in [0.4, 0.5) is 5.95 Å². The van der Waals surface area contributed by atoms with Gasteiger partial charge in [0.05, 0.1) is 0 Å². The Morgan fingerprint density at radius 3 is 2.20 bits per heavy atom. The number of rotatable bonds is 4. The average Bonchev–Trinajstić information content (AvgIpc) is 2.11. The van der Waals surface area contributed by atoms with Crippen LogP contribution < -0.4 is 4.90 Å². The van der Waals surface area contributed by atoms with Crippen molar-refractivity contribution in [3.05, 3.63) is 17.5 Å². The zero-order chi connectivity index (χ0) is 11.4. The van der Waals surface area contributed by atoms with Gasteiger partial charge in [-0.2, -0.15) is 0 Å². The summed E-state index contributed by atoms with van der Waals surface area (Å²) in [6.07, 6.45) is 0. The number of aryl methyl sites for hydroxylation is 2. The molecular weight excluding hydrogens is 210 g/mol. The summed E-state index contributed by atoms with van der Waals surface area (Å²) in [7, 11) is 0. The van der Waals surface area contributed by atoms with Crippen LogP contribution in [0.3, 0.4) is 0 Å². The van der Waals surface area contributed by atoms with Crippen LogP contribution in [0.1, 0.15) is 25.2 Å². The molecule has 0 saturated carbocycles. The number of hydrogen-bond acceptors (Lipinski definition) is 3. The van der Waals surface area contributed by atoms with Gasteiger partial charge < -0.3 is 4.90 Å². The topological polar surface area (TPSA) is 29.0 Å². The zero-order valence-corrected chi connectivity index (χ0v) is 10.5. The van der Waals surface area contributed by atoms with E-state index in [1.54, 1.807) is 0 Å². The second-order valence-electron chi connectivity index (χ2n) is 3.93. The molecule has 4 heteroatoms. The van der Waals surface area contributed by atoms with Crippen LogP contribution in [0.5, 0.6) is 0 Å². The summed E-state index contributed by atoms with van der Waals surface area (Å²) in [6, 6.07) is 2.34. The Hall–Kier alpha value is -0.830. The summed E-state index contributed by atoms with van der Waals surface area (Å²) in [5.74, 6) is 1.37. The van der Waals surface area contributed by atoms with Crippen molar-refractivity contribution in [2.75, 3.05) is 17.3 Å². The second-order valence-corrected chi connectivity index (χ2v) is 4.30. The van der Waals surface area contributed by atoms with Gasteiger partial charge in [0, 0.05) is 29.9 Å². The first kappa shape index (κ1) is 12.2. The maximum atomic E-state index is 5.77. The SMILES string of the molecule is Cc1cc(C)nc(N(CCCl)C(C)C)n1. The molecule has 0 N–H and O–H groups in total. The Kier molecular flexibility index (Phi) is 4.33. The van der Waals surface area contributed by atoms with Crippen LogP contribution in [0.2, 0.25) is 0 Å². The van der Waals surface area contributed by atoms with Gasteiger partial charge in [0.25, 0.3) is 0 Å². The fourth-order valence-corrected chi connectivity index (χ4v) is 1.70. The molecule has 1 aromatic rings. The smallest absolute Gasteiger partial charge is 0.226 e. The van der Waals surface area contributed by atoms with Crippen molar-refractivity contribution in [3.8, 4) is 0 Å². The van der Waals surface area contributed by atoms with E-state index in [1.807, 2.05) is 19.9 Å². The first-order valence-electron chi connectivity index (χ1n) is 5.19. The average molecular weight is 228 g/mol. The van der Waals surface area contributed by atoms with Crippen LogP contribution in [0, 0.1) is 13.8 Å². The van der Waals surface area contributed by atoms with E-state index in [-0.39, 0.29) is 0 Å². The predicted molar refractivity (Wildman–Crippen MR) is 64.7 cm³/mol. The van der Waals surface area contributed by atoms with E-state index >= 15 is 0 Å². The highest BCUT2D eigenvalue weighted by Gasteiger charge is 2.13. The molecule has 1 aromatic heterocycles. The molecule has 0 aliphatic rings. The second kappa shape index (κ2) is 5.31. The molecule has 0 amide bonds. The third kappa shape index (κ3) is 3.34. The van der Waals surface area contributed by atoms with Gasteiger partial charge in [0.2, 0.25) is 5.95 Å². The van der Waals surface area contributed by atoms with E-state index in [2.05, 4.69) is 28.7 Å². The van der Waals surface area contributed by atoms with Crippen molar-refractivity contribution in [3.63, 3.8) is 0 Å². The molecule has 0 fully saturated rings. The van der Waals surface area contributed by atoms with Gasteiger partial charge in [-0.25, -0.2) is 9.97 Å². The van der Waals surface area contributed by atoms with Crippen molar-refractivity contribution in [1.29, 1.82) is 0 Å². The summed E-state index contributed by atoms with van der Waals surface area (Å²) < 4.78 is 0. The first-order chi connectivity index (χ1) is 7.04. The van der Waals surface area contributed by atoms with Crippen molar-refractivity contribution in [2.24, 2.45) is 0 Å². The summed E-state index contributed by atoms with van der Waals surface area (Å²) in [6.45, 7) is 8.98. The van der Waals surface area contributed by atoms with E-state index < -0.39 is 0 Å². The minimum Gasteiger partial charge on any atom is -0.337 e. The van der Waals surface area contributed by atoms with Gasteiger partial charge >= 0.3 is 0 Å². The molecule has 3 nitrogen and oxygen atoms in total. The standard InChI is InChI=1S/C11H18ClN3/c1-8(2)15(6-5-12)11-13-9(3)7-10(4)14-11/h7-8H,5-6H2,1-4H3. The van der Waals surface area contributed by atoms with Crippen LogP contribution >= 0.6 is 11.6 Å². The van der Waals surface area contributed by atoms with Crippen LogP contribution in [-0.2, 0) is 0 Å². The maximum Gasteiger partial charge on any atom is 0.226 e. The summed E-state index contributed by atoms with van der Waals surface area (Å²) >= 11 is 5.77. The highest BCUT2D eigenvalue weighted by Crippen LogP contribution is 2.13. The van der Waals surface area contributed by atoms with E-state index in [0.29, 0.717) is 11.9 Å². The number of nitrogens with zero attached hydrogens (tertiary/aromatic N) is 3. The highest BCUT2D eigenvalue weighted by atomic mass is 35.5. The van der Waals surface area contributed by atoms with Crippen LogP contribution in [0.25, 0.3) is 0 Å². The Morgan fingerprint density at radius 1 is 1.27 bits per heavy atom. The van der Waals surface area contributed by atoms with E-state index in [1.165, 1.54) is 0 Å². The van der Waals surface area contributed by atoms with Crippen molar-refractivity contribution >= 4 is 17.5 Å². The van der Waals surface area contributed by atoms with Gasteiger partial charge in [-0.05, 0) is 33.8 Å². The number of anilines is 1. The van der Waals surface area contributed by atoms with Crippen molar-refractivity contribution in [1.82, 2.24) is 9.97 Å².